The molecule has 3 fully saturated rings. The van der Waals surface area contributed by atoms with Crippen LogP contribution in [0.2, 0.25) is 0 Å². The average molecular weight is 474 g/mol. The summed E-state index contributed by atoms with van der Waals surface area (Å²) in [5, 5.41) is 21.0. The van der Waals surface area contributed by atoms with Crippen molar-refractivity contribution in [2.24, 2.45) is 5.84 Å². The van der Waals surface area contributed by atoms with E-state index >= 15 is 0 Å². The second-order valence-corrected chi connectivity index (χ2v) is 9.50. The van der Waals surface area contributed by atoms with Crippen LogP contribution in [0.5, 0.6) is 0 Å². The van der Waals surface area contributed by atoms with Crippen molar-refractivity contribution in [3.63, 3.8) is 0 Å². The maximum atomic E-state index is 14.4. The molecule has 5 aliphatic rings. The van der Waals surface area contributed by atoms with Gasteiger partial charge >= 0.3 is 0 Å². The Labute approximate surface area is 199 Å². The molecule has 0 aromatic heterocycles. The molecule has 9 N–H and O–H groups in total. The number of allylic oxidation sites excluding steroid dienone is 5. The lowest BCUT2D eigenvalue weighted by Gasteiger charge is -2.47. The summed E-state index contributed by atoms with van der Waals surface area (Å²) in [6.07, 6.45) is 8.30. The van der Waals surface area contributed by atoms with Crippen LogP contribution in [-0.2, 0) is 4.79 Å². The molecule has 10 nitrogen and oxygen atoms in total. The molecule has 2 aliphatic carbocycles. The van der Waals surface area contributed by atoms with Crippen LogP contribution >= 0.6 is 0 Å². The van der Waals surface area contributed by atoms with Crippen molar-refractivity contribution >= 4 is 5.91 Å². The largest absolute Gasteiger partial charge is 0.363 e. The zero-order valence-corrected chi connectivity index (χ0v) is 19.7. The summed E-state index contributed by atoms with van der Waals surface area (Å²) >= 11 is 0. The first-order valence-corrected chi connectivity index (χ1v) is 12.2. The number of carbonyl (C=O) groups excluding carboxylic acids is 1. The summed E-state index contributed by atoms with van der Waals surface area (Å²) in [5.74, 6) is 5.64. The molecule has 34 heavy (non-hydrogen) atoms. The third-order valence-corrected chi connectivity index (χ3v) is 7.31. The number of alkyl halides is 1. The van der Waals surface area contributed by atoms with Gasteiger partial charge in [-0.05, 0) is 38.3 Å². The number of amides is 1. The lowest BCUT2D eigenvalue weighted by Crippen LogP contribution is -2.78. The van der Waals surface area contributed by atoms with Crippen molar-refractivity contribution < 1.29 is 9.18 Å². The Morgan fingerprint density at radius 2 is 2.18 bits per heavy atom. The quantitative estimate of drug-likeness (QED) is 0.188. The summed E-state index contributed by atoms with van der Waals surface area (Å²) in [7, 11) is 0. The topological polar surface area (TPSA) is 131 Å². The van der Waals surface area contributed by atoms with Crippen molar-refractivity contribution in [3.8, 4) is 0 Å². The van der Waals surface area contributed by atoms with Gasteiger partial charge in [-0.2, -0.15) is 0 Å². The van der Waals surface area contributed by atoms with Crippen molar-refractivity contribution in [1.29, 1.82) is 0 Å². The van der Waals surface area contributed by atoms with Crippen molar-refractivity contribution in [3.05, 3.63) is 46.8 Å². The van der Waals surface area contributed by atoms with Crippen molar-refractivity contribution in [2.75, 3.05) is 6.67 Å². The number of carbonyl (C=O) groups is 1. The van der Waals surface area contributed by atoms with Gasteiger partial charge in [0.1, 0.15) is 18.6 Å². The number of hydrazine groups is 1. The minimum absolute atomic E-state index is 0.0314. The monoisotopic (exact) mass is 473 g/mol. The standard InChI is InChI=1S/C23H36FN9O/c1-3-15(28-20-18-19(27-11-26-18)30-23(31-20)32-25)21-29-16-9-4-6-12(2)17(16)22(34)33(21)14-8-5-7-13(24)10-14/h5,8-10,13,15,18-21,23,26-32H,3-4,6-7,11,25H2,1-2H3. The predicted molar refractivity (Wildman–Crippen MR) is 128 cm³/mol. The minimum atomic E-state index is -1.10. The number of halogens is 1. The van der Waals surface area contributed by atoms with E-state index in [0.717, 1.165) is 30.5 Å². The van der Waals surface area contributed by atoms with Gasteiger partial charge in [0, 0.05) is 30.5 Å². The Morgan fingerprint density at radius 1 is 1.32 bits per heavy atom. The number of nitrogens with zero attached hydrogens (tertiary/aromatic N) is 1. The molecule has 0 saturated carbocycles. The molecule has 0 aromatic carbocycles. The molecule has 7 atom stereocenters. The van der Waals surface area contributed by atoms with E-state index in [1.165, 1.54) is 0 Å². The molecule has 0 spiro atoms. The molecule has 11 heteroatoms. The van der Waals surface area contributed by atoms with Gasteiger partial charge in [0.05, 0.1) is 23.9 Å². The maximum Gasteiger partial charge on any atom is 0.262 e. The van der Waals surface area contributed by atoms with E-state index in [9.17, 15) is 9.18 Å². The first kappa shape index (κ1) is 23.6. The van der Waals surface area contributed by atoms with Crippen LogP contribution in [0.1, 0.15) is 39.5 Å². The molecule has 3 aliphatic heterocycles. The molecule has 7 unspecified atom stereocenters. The van der Waals surface area contributed by atoms with Gasteiger partial charge in [-0.25, -0.2) is 9.82 Å². The maximum absolute atomic E-state index is 14.4. The van der Waals surface area contributed by atoms with E-state index in [4.69, 9.17) is 5.84 Å². The molecular formula is C23H36FN9O. The average Bonchev–Trinajstić information content (AvgIpc) is 3.31. The highest BCUT2D eigenvalue weighted by Crippen LogP contribution is 2.34. The number of nitrogens with two attached hydrogens (primary N) is 1. The van der Waals surface area contributed by atoms with Crippen LogP contribution in [0.15, 0.2) is 46.8 Å². The highest BCUT2D eigenvalue weighted by atomic mass is 19.1. The molecule has 186 valence electrons. The Hall–Kier alpha value is -2.12. The van der Waals surface area contributed by atoms with Crippen LogP contribution in [0.3, 0.4) is 0 Å². The Morgan fingerprint density at radius 3 is 2.94 bits per heavy atom. The zero-order chi connectivity index (χ0) is 23.8. The molecule has 3 saturated heterocycles. The van der Waals surface area contributed by atoms with Gasteiger partial charge in [0.15, 0.2) is 0 Å². The van der Waals surface area contributed by atoms with Gasteiger partial charge in [0.2, 0.25) is 0 Å². The van der Waals surface area contributed by atoms with Crippen molar-refractivity contribution in [1.82, 2.24) is 42.2 Å². The number of fused-ring (bicyclic) bond motifs is 2. The Kier molecular flexibility index (Phi) is 6.85. The van der Waals surface area contributed by atoms with Crippen LogP contribution in [0.4, 0.5) is 4.39 Å². The van der Waals surface area contributed by atoms with Crippen LogP contribution in [-0.4, -0.2) is 60.5 Å². The number of rotatable bonds is 6. The molecule has 0 bridgehead atoms. The molecule has 0 aromatic rings. The number of nitrogens with one attached hydrogen (secondary N) is 7. The van der Waals surface area contributed by atoms with Crippen LogP contribution in [0, 0.1) is 0 Å². The lowest BCUT2D eigenvalue weighted by molar-refractivity contribution is -0.129. The smallest absolute Gasteiger partial charge is 0.262 e. The number of hydrogen-bond donors (Lipinski definition) is 8. The SMILES string of the molecule is CCC(NC1NC(NN)NC2NCNC21)C1NC2=CCCC(C)=C2C(=O)N1C1=CC(F)CC=C1. The first-order valence-electron chi connectivity index (χ1n) is 12.2. The zero-order valence-electron chi connectivity index (χ0n) is 19.7. The summed E-state index contributed by atoms with van der Waals surface area (Å²) in [6.45, 7) is 4.78. The van der Waals surface area contributed by atoms with Crippen LogP contribution in [0.25, 0.3) is 0 Å². The number of hydrogen-bond acceptors (Lipinski definition) is 9. The normalized spacial score (nSPS) is 36.5. The fourth-order valence-corrected chi connectivity index (χ4v) is 5.56. The summed E-state index contributed by atoms with van der Waals surface area (Å²) < 4.78 is 14.4. The van der Waals surface area contributed by atoms with E-state index < -0.39 is 6.17 Å². The highest BCUT2D eigenvalue weighted by molar-refractivity contribution is 6.01. The Balaban J connectivity index is 1.46. The van der Waals surface area contributed by atoms with E-state index in [0.29, 0.717) is 24.4 Å². The third-order valence-electron chi connectivity index (χ3n) is 7.31. The third kappa shape index (κ3) is 4.33. The van der Waals surface area contributed by atoms with E-state index in [-0.39, 0.29) is 42.8 Å². The second kappa shape index (κ2) is 9.86. The molecule has 5 rings (SSSR count). The minimum Gasteiger partial charge on any atom is -0.363 e. The first-order chi connectivity index (χ1) is 16.5. The molecule has 0 radical (unpaired) electrons. The van der Waals surface area contributed by atoms with Crippen molar-refractivity contribution in [2.45, 2.75) is 82.6 Å². The molecule has 1 amide bonds. The van der Waals surface area contributed by atoms with E-state index in [2.05, 4.69) is 50.3 Å². The fourth-order valence-electron chi connectivity index (χ4n) is 5.56. The predicted octanol–water partition coefficient (Wildman–Crippen LogP) is -0.601. The second-order valence-electron chi connectivity index (χ2n) is 9.50. The van der Waals surface area contributed by atoms with Gasteiger partial charge in [-0.15, -0.1) is 0 Å². The van der Waals surface area contributed by atoms with Gasteiger partial charge in [0.25, 0.3) is 5.91 Å². The van der Waals surface area contributed by atoms with E-state index in [1.807, 2.05) is 13.0 Å². The summed E-state index contributed by atoms with van der Waals surface area (Å²) in [5.41, 5.74) is 6.01. The molecule has 3 heterocycles. The van der Waals surface area contributed by atoms with Gasteiger partial charge in [-0.3, -0.25) is 42.1 Å². The van der Waals surface area contributed by atoms with E-state index in [1.54, 1.807) is 17.1 Å². The van der Waals surface area contributed by atoms with Crippen LogP contribution < -0.4 is 43.2 Å². The summed E-state index contributed by atoms with van der Waals surface area (Å²) in [4.78, 5) is 15.6. The highest BCUT2D eigenvalue weighted by Gasteiger charge is 2.45. The molecular weight excluding hydrogens is 437 g/mol. The fraction of sp³-hybridized carbons (Fsp3) is 0.609. The Bertz CT molecular complexity index is 931. The van der Waals surface area contributed by atoms with Gasteiger partial charge in [-0.1, -0.05) is 24.6 Å². The lowest BCUT2D eigenvalue weighted by atomic mass is 9.90. The van der Waals surface area contributed by atoms with Gasteiger partial charge < -0.3 is 5.32 Å². The summed E-state index contributed by atoms with van der Waals surface area (Å²) in [6, 6.07) is -0.0537.